The largest absolute Gasteiger partial charge is 0.497 e. The first-order chi connectivity index (χ1) is 23.2. The third-order valence-corrected chi connectivity index (χ3v) is 11.1. The average Bonchev–Trinajstić information content (AvgIpc) is 3.65. The summed E-state index contributed by atoms with van der Waals surface area (Å²) >= 11 is 10.5. The fraction of sp³-hybridized carbons (Fsp3) is 0.324. The lowest BCUT2D eigenvalue weighted by atomic mass is 9.97. The molecule has 1 aliphatic heterocycles. The molecule has 1 aromatic carbocycles. The van der Waals surface area contributed by atoms with Gasteiger partial charge in [0.05, 0.1) is 18.0 Å². The minimum Gasteiger partial charge on any atom is -0.497 e. The summed E-state index contributed by atoms with van der Waals surface area (Å²) in [6.07, 6.45) is 16.0. The summed E-state index contributed by atoms with van der Waals surface area (Å²) in [5, 5.41) is 21.6. The third kappa shape index (κ3) is 6.97. The summed E-state index contributed by atoms with van der Waals surface area (Å²) in [4.78, 5) is 13.9. The van der Waals surface area contributed by atoms with E-state index in [1.54, 1.807) is 23.5 Å². The highest BCUT2D eigenvalue weighted by Gasteiger charge is 2.27. The van der Waals surface area contributed by atoms with E-state index >= 15 is 0 Å². The van der Waals surface area contributed by atoms with Crippen LogP contribution in [0.15, 0.2) is 77.0 Å². The molecule has 6 rings (SSSR count). The van der Waals surface area contributed by atoms with Crippen molar-refractivity contribution in [2.45, 2.75) is 57.4 Å². The van der Waals surface area contributed by atoms with Gasteiger partial charge in [0.15, 0.2) is 0 Å². The molecule has 48 heavy (non-hydrogen) atoms. The first-order valence-electron chi connectivity index (χ1n) is 16.0. The van der Waals surface area contributed by atoms with Gasteiger partial charge in [-0.2, -0.15) is 10.2 Å². The van der Waals surface area contributed by atoms with Crippen molar-refractivity contribution in [1.29, 1.82) is 0 Å². The van der Waals surface area contributed by atoms with Crippen molar-refractivity contribution >= 4 is 52.0 Å². The van der Waals surface area contributed by atoms with Gasteiger partial charge in [-0.1, -0.05) is 42.0 Å². The quantitative estimate of drug-likeness (QED) is 0.212. The van der Waals surface area contributed by atoms with Crippen molar-refractivity contribution in [3.05, 3.63) is 116 Å². The Kier molecular flexibility index (Phi) is 10.4. The van der Waals surface area contributed by atoms with Gasteiger partial charge in [0.25, 0.3) is 0 Å². The molecule has 4 heterocycles. The van der Waals surface area contributed by atoms with Crippen LogP contribution < -0.4 is 0 Å². The molecule has 0 spiro atoms. The summed E-state index contributed by atoms with van der Waals surface area (Å²) in [6.45, 7) is 6.89. The lowest BCUT2D eigenvalue weighted by molar-refractivity contribution is 0.0684. The van der Waals surface area contributed by atoms with Gasteiger partial charge in [-0.25, -0.2) is 4.79 Å². The number of carboxylic acid groups (broad SMARTS) is 1. The Balaban J connectivity index is 1.46. The van der Waals surface area contributed by atoms with Crippen LogP contribution >= 0.6 is 35.1 Å². The number of hydrogen-bond acceptors (Lipinski definition) is 6. The molecule has 8 nitrogen and oxygen atoms in total. The fourth-order valence-electron chi connectivity index (χ4n) is 6.34. The van der Waals surface area contributed by atoms with Crippen LogP contribution in [0.4, 0.5) is 0 Å². The van der Waals surface area contributed by atoms with Crippen LogP contribution in [0.2, 0.25) is 5.02 Å². The van der Waals surface area contributed by atoms with Crippen LogP contribution in [0.1, 0.15) is 58.6 Å². The molecule has 0 amide bonds. The molecule has 0 unspecified atom stereocenters. The number of halogens is 1. The van der Waals surface area contributed by atoms with Crippen molar-refractivity contribution in [3.63, 3.8) is 0 Å². The number of nitrogens with zero attached hydrogens (tertiary/aromatic N) is 5. The maximum absolute atomic E-state index is 12.7. The van der Waals surface area contributed by atoms with Crippen molar-refractivity contribution in [2.24, 2.45) is 14.1 Å². The van der Waals surface area contributed by atoms with Gasteiger partial charge in [0, 0.05) is 87.7 Å². The first kappa shape index (κ1) is 34.0. The van der Waals surface area contributed by atoms with Gasteiger partial charge in [-0.15, -0.1) is 23.5 Å². The Morgan fingerprint density at radius 1 is 1.06 bits per heavy atom. The van der Waals surface area contributed by atoms with Crippen molar-refractivity contribution < 1.29 is 14.6 Å². The minimum atomic E-state index is -0.964. The van der Waals surface area contributed by atoms with Gasteiger partial charge < -0.3 is 14.4 Å². The molecule has 2 aliphatic rings. The molecule has 4 aromatic rings. The summed E-state index contributed by atoms with van der Waals surface area (Å²) in [5.41, 5.74) is 8.77. The van der Waals surface area contributed by atoms with E-state index in [0.717, 1.165) is 72.5 Å². The summed E-state index contributed by atoms with van der Waals surface area (Å²) in [5.74, 6) is 2.05. The van der Waals surface area contributed by atoms with Crippen LogP contribution in [-0.4, -0.2) is 41.8 Å². The van der Waals surface area contributed by atoms with E-state index in [0.29, 0.717) is 42.3 Å². The minimum absolute atomic E-state index is 0.271. The Hall–Kier alpha value is -3.86. The Bertz CT molecular complexity index is 2040. The number of hydrogen-bond donors (Lipinski definition) is 1. The zero-order valence-electron chi connectivity index (χ0n) is 27.9. The molecule has 1 N–H and O–H groups in total. The van der Waals surface area contributed by atoms with E-state index in [-0.39, 0.29) is 5.69 Å². The van der Waals surface area contributed by atoms with Gasteiger partial charge in [0.2, 0.25) is 0 Å². The summed E-state index contributed by atoms with van der Waals surface area (Å²) < 4.78 is 12.2. The maximum Gasteiger partial charge on any atom is 0.352 e. The molecule has 3 aromatic heterocycles. The van der Waals surface area contributed by atoms with E-state index in [1.807, 2.05) is 67.0 Å². The van der Waals surface area contributed by atoms with Crippen molar-refractivity contribution in [1.82, 2.24) is 24.1 Å². The monoisotopic (exact) mass is 701 g/mol. The summed E-state index contributed by atoms with van der Waals surface area (Å²) in [6, 6.07) is 6.00. The lowest BCUT2D eigenvalue weighted by Gasteiger charge is -2.14. The van der Waals surface area contributed by atoms with E-state index in [4.69, 9.17) is 26.5 Å². The van der Waals surface area contributed by atoms with Crippen LogP contribution in [-0.2, 0) is 42.6 Å². The SMILES string of the molecule is C/C=C1\C=C/C=C\C/C2=C/C(=C\1)SCc1cc(nn1C)CSCc1nn(C)c(C)c1-c1c(Cl)ccc3c1c(C)c(C(=O)O)n3CCCO2. The molecule has 0 saturated heterocycles. The lowest BCUT2D eigenvalue weighted by Crippen LogP contribution is -2.11. The van der Waals surface area contributed by atoms with Crippen LogP contribution in [0.25, 0.3) is 22.0 Å². The summed E-state index contributed by atoms with van der Waals surface area (Å²) in [7, 11) is 3.94. The molecule has 0 atom stereocenters. The average molecular weight is 702 g/mol. The number of carbonyl (C=O) groups is 1. The second kappa shape index (κ2) is 14.7. The van der Waals surface area contributed by atoms with E-state index in [2.05, 4.69) is 42.5 Å². The molecular weight excluding hydrogens is 662 g/mol. The van der Waals surface area contributed by atoms with Gasteiger partial charge in [-0.3, -0.25) is 9.36 Å². The van der Waals surface area contributed by atoms with Crippen molar-refractivity contribution in [2.75, 3.05) is 6.61 Å². The fourth-order valence-corrected chi connectivity index (χ4v) is 8.46. The molecule has 11 heteroatoms. The molecular formula is C37H40ClN5O3S2. The highest BCUT2D eigenvalue weighted by Crippen LogP contribution is 2.43. The van der Waals surface area contributed by atoms with Gasteiger partial charge in [-0.05, 0) is 68.7 Å². The molecule has 8 bridgehead atoms. The molecule has 0 saturated carbocycles. The normalized spacial score (nSPS) is 20.6. The smallest absolute Gasteiger partial charge is 0.352 e. The zero-order chi connectivity index (χ0) is 33.9. The number of aromatic nitrogens is 5. The number of rotatable bonds is 1. The van der Waals surface area contributed by atoms with E-state index in [9.17, 15) is 9.90 Å². The number of fused-ring (bicyclic) bond motifs is 5. The second-order valence-electron chi connectivity index (χ2n) is 11.9. The number of carboxylic acids is 1. The standard InChI is InChI=1S/C37H40ClN5O3S2/c1-6-25-11-8-7-9-12-28-19-29(17-25)48-21-27-18-26(39-42(27)5)20-47-22-31-34(24(3)41(4)40-31)35-30(38)13-14-32-33(35)23(2)36(37(44)45)43(32)15-10-16-46-28/h6-9,11,13-14,17-19H,10,12,15-16,20-22H2,1-5H3,(H,44,45)/b9-7-,11-8-,25-6+,28-19-,29-17+. The number of aryl methyl sites for hydroxylation is 4. The highest BCUT2D eigenvalue weighted by atomic mass is 35.5. The zero-order valence-corrected chi connectivity index (χ0v) is 30.3. The van der Waals surface area contributed by atoms with Gasteiger partial charge in [0.1, 0.15) is 11.5 Å². The van der Waals surface area contributed by atoms with Crippen LogP contribution in [0.5, 0.6) is 0 Å². The molecule has 0 radical (unpaired) electrons. The predicted octanol–water partition coefficient (Wildman–Crippen LogP) is 9.06. The Morgan fingerprint density at radius 3 is 2.69 bits per heavy atom. The number of aromatic carboxylic acids is 1. The Labute approximate surface area is 294 Å². The van der Waals surface area contributed by atoms with Crippen LogP contribution in [0, 0.1) is 13.8 Å². The third-order valence-electron chi connectivity index (χ3n) is 8.80. The number of allylic oxidation sites excluding steroid dienone is 8. The second-order valence-corrected chi connectivity index (χ2v) is 14.4. The molecule has 250 valence electrons. The van der Waals surface area contributed by atoms with E-state index in [1.165, 1.54) is 0 Å². The molecule has 0 fully saturated rings. The Morgan fingerprint density at radius 2 is 1.90 bits per heavy atom. The number of benzene rings is 1. The van der Waals surface area contributed by atoms with Crippen LogP contribution in [0.3, 0.4) is 0 Å². The van der Waals surface area contributed by atoms with Crippen molar-refractivity contribution in [3.8, 4) is 11.1 Å². The number of thioether (sulfide) groups is 2. The highest BCUT2D eigenvalue weighted by molar-refractivity contribution is 8.02. The van der Waals surface area contributed by atoms with Gasteiger partial charge >= 0.3 is 5.97 Å². The maximum atomic E-state index is 12.7. The topological polar surface area (TPSA) is 87.1 Å². The predicted molar refractivity (Wildman–Crippen MR) is 198 cm³/mol. The first-order valence-corrected chi connectivity index (χ1v) is 18.5. The van der Waals surface area contributed by atoms with E-state index < -0.39 is 5.97 Å². The molecule has 1 aliphatic carbocycles. The number of ether oxygens (including phenoxy) is 1.